The molecule has 0 aromatic carbocycles. The molecule has 0 rings (SSSR count). The number of aliphatic hydroxyl groups is 2. The van der Waals surface area contributed by atoms with Gasteiger partial charge in [-0.1, -0.05) is 0 Å². The van der Waals surface area contributed by atoms with E-state index in [9.17, 15) is 39.0 Å². The second-order valence-corrected chi connectivity index (χ2v) is 7.87. The molecule has 0 saturated heterocycles. The summed E-state index contributed by atoms with van der Waals surface area (Å²) >= 11 is 0. The number of aliphatic carboxylic acids is 1. The molecule has 5 atom stereocenters. The minimum atomic E-state index is -1.40. The molecular weight excluding hydrogens is 500 g/mol. The molecule has 0 heterocycles. The number of aliphatic hydroxyl groups excluding tert-OH is 2. The quantitative estimate of drug-likeness (QED) is 0.0706. The largest absolute Gasteiger partial charge is 0.481 e. The van der Waals surface area contributed by atoms with Gasteiger partial charge in [0.05, 0.1) is 32.0 Å². The van der Waals surface area contributed by atoms with E-state index >= 15 is 0 Å². The summed E-state index contributed by atoms with van der Waals surface area (Å²) < 4.78 is 10.3. The van der Waals surface area contributed by atoms with Gasteiger partial charge in [0.15, 0.2) is 0 Å². The highest BCUT2D eigenvalue weighted by Crippen LogP contribution is 1.99. The van der Waals surface area contributed by atoms with Crippen molar-refractivity contribution in [3.05, 3.63) is 0 Å². The number of carboxylic acids is 1. The summed E-state index contributed by atoms with van der Waals surface area (Å²) in [4.78, 5) is 69.2. The van der Waals surface area contributed by atoms with Crippen molar-refractivity contribution in [1.82, 2.24) is 21.3 Å². The van der Waals surface area contributed by atoms with Crippen LogP contribution >= 0.6 is 0 Å². The SMILES string of the molecule is CC(O)[C@H](NC(=O)N[C@H](CCC(=O)O)C(N)=O)C(=O)NCCOCCOCC(=O)N[C@@H](C(N)=O)C(C)O. The number of carbonyl (C=O) groups is 6. The van der Waals surface area contributed by atoms with Crippen molar-refractivity contribution in [2.75, 3.05) is 33.0 Å². The fraction of sp³-hybridized carbons (Fsp3) is 0.700. The number of rotatable bonds is 19. The van der Waals surface area contributed by atoms with Crippen LogP contribution in [0.15, 0.2) is 0 Å². The number of ether oxygens (including phenoxy) is 2. The first-order valence-corrected chi connectivity index (χ1v) is 11.2. The van der Waals surface area contributed by atoms with Gasteiger partial charge >= 0.3 is 12.0 Å². The standard InChI is InChI=1S/C20H36N6O11/c1-10(27)15(18(22)33)25-13(29)9-37-8-7-36-6-5-23-19(34)16(11(2)28)26-20(35)24-12(17(21)32)3-4-14(30)31/h10-12,15-16,27-28H,3-9H2,1-2H3,(H2,21,32)(H2,22,33)(H,23,34)(H,25,29)(H,30,31)(H2,24,26,35)/t10?,11?,12-,15-,16+/m1/s1. The van der Waals surface area contributed by atoms with Gasteiger partial charge in [-0.15, -0.1) is 0 Å². The lowest BCUT2D eigenvalue weighted by Gasteiger charge is -2.22. The highest BCUT2D eigenvalue weighted by molar-refractivity contribution is 5.90. The summed E-state index contributed by atoms with van der Waals surface area (Å²) in [7, 11) is 0. The molecule has 0 saturated carbocycles. The zero-order valence-electron chi connectivity index (χ0n) is 20.6. The fourth-order valence-corrected chi connectivity index (χ4v) is 2.69. The molecule has 0 aliphatic rings. The summed E-state index contributed by atoms with van der Waals surface area (Å²) in [5, 5.41) is 36.9. The van der Waals surface area contributed by atoms with Gasteiger partial charge < -0.3 is 57.5 Å². The first-order chi connectivity index (χ1) is 17.3. The molecule has 0 aromatic rings. The first kappa shape index (κ1) is 33.5. The predicted octanol–water partition coefficient (Wildman–Crippen LogP) is -4.75. The number of carboxylic acid groups (broad SMARTS) is 1. The Morgan fingerprint density at radius 3 is 1.92 bits per heavy atom. The maximum absolute atomic E-state index is 12.3. The van der Waals surface area contributed by atoms with Crippen LogP contribution in [0.1, 0.15) is 26.7 Å². The molecule has 2 unspecified atom stereocenters. The van der Waals surface area contributed by atoms with Crippen LogP contribution in [0, 0.1) is 0 Å². The van der Waals surface area contributed by atoms with Crippen LogP contribution in [0.2, 0.25) is 0 Å². The molecule has 0 spiro atoms. The Bertz CT molecular complexity index is 793. The monoisotopic (exact) mass is 536 g/mol. The maximum Gasteiger partial charge on any atom is 0.316 e. The minimum absolute atomic E-state index is 0.00177. The van der Waals surface area contributed by atoms with E-state index in [1.54, 1.807) is 0 Å². The van der Waals surface area contributed by atoms with E-state index in [-0.39, 0.29) is 32.8 Å². The molecule has 0 aliphatic heterocycles. The Kier molecular flexibility index (Phi) is 16.1. The molecular formula is C20H36N6O11. The Labute approximate surface area is 212 Å². The normalized spacial score (nSPS) is 14.8. The maximum atomic E-state index is 12.3. The number of urea groups is 1. The summed E-state index contributed by atoms with van der Waals surface area (Å²) in [5.41, 5.74) is 10.2. The van der Waals surface area contributed by atoms with Crippen molar-refractivity contribution in [2.24, 2.45) is 11.5 Å². The second kappa shape index (κ2) is 17.8. The van der Waals surface area contributed by atoms with Crippen LogP contribution in [-0.4, -0.2) is 114 Å². The predicted molar refractivity (Wildman–Crippen MR) is 124 cm³/mol. The molecule has 17 nitrogen and oxygen atoms in total. The third kappa shape index (κ3) is 15.2. The minimum Gasteiger partial charge on any atom is -0.481 e. The molecule has 11 N–H and O–H groups in total. The zero-order chi connectivity index (χ0) is 28.5. The number of primary amides is 2. The van der Waals surface area contributed by atoms with Crippen molar-refractivity contribution < 1.29 is 53.6 Å². The Hall–Kier alpha value is -3.54. The van der Waals surface area contributed by atoms with E-state index in [0.29, 0.717) is 0 Å². The Morgan fingerprint density at radius 2 is 1.41 bits per heavy atom. The van der Waals surface area contributed by atoms with Crippen molar-refractivity contribution in [3.8, 4) is 0 Å². The summed E-state index contributed by atoms with van der Waals surface area (Å²) in [5.74, 6) is -4.48. The molecule has 0 bridgehead atoms. The molecule has 0 radical (unpaired) electrons. The lowest BCUT2D eigenvalue weighted by molar-refractivity contribution is -0.137. The highest BCUT2D eigenvalue weighted by atomic mass is 16.5. The number of hydrogen-bond donors (Lipinski definition) is 9. The topological polar surface area (TPSA) is 282 Å². The molecule has 0 aromatic heterocycles. The van der Waals surface area contributed by atoms with Crippen LogP contribution < -0.4 is 32.7 Å². The van der Waals surface area contributed by atoms with Crippen molar-refractivity contribution >= 4 is 35.6 Å². The van der Waals surface area contributed by atoms with E-state index < -0.39 is 79.0 Å². The summed E-state index contributed by atoms with van der Waals surface area (Å²) in [6.45, 7) is 2.18. The number of hydrogen-bond acceptors (Lipinski definition) is 10. The van der Waals surface area contributed by atoms with Gasteiger partial charge in [-0.3, -0.25) is 24.0 Å². The van der Waals surface area contributed by atoms with E-state index in [2.05, 4.69) is 21.3 Å². The van der Waals surface area contributed by atoms with E-state index in [0.717, 1.165) is 0 Å². The average Bonchev–Trinajstić information content (AvgIpc) is 2.79. The average molecular weight is 537 g/mol. The van der Waals surface area contributed by atoms with Crippen LogP contribution in [0.25, 0.3) is 0 Å². The van der Waals surface area contributed by atoms with Crippen LogP contribution in [0.3, 0.4) is 0 Å². The van der Waals surface area contributed by atoms with Crippen molar-refractivity contribution in [1.29, 1.82) is 0 Å². The molecule has 212 valence electrons. The van der Waals surface area contributed by atoms with E-state index in [1.165, 1.54) is 13.8 Å². The second-order valence-electron chi connectivity index (χ2n) is 7.87. The Balaban J connectivity index is 4.30. The van der Waals surface area contributed by atoms with Crippen LogP contribution in [0.5, 0.6) is 0 Å². The Morgan fingerprint density at radius 1 is 0.811 bits per heavy atom. The molecule has 6 amide bonds. The van der Waals surface area contributed by atoms with Crippen molar-refractivity contribution in [2.45, 2.75) is 57.0 Å². The number of carbonyl (C=O) groups excluding carboxylic acids is 5. The van der Waals surface area contributed by atoms with E-state index in [4.69, 9.17) is 26.0 Å². The van der Waals surface area contributed by atoms with Gasteiger partial charge in [-0.25, -0.2) is 4.79 Å². The number of amides is 6. The van der Waals surface area contributed by atoms with Gasteiger partial charge in [0.1, 0.15) is 24.7 Å². The smallest absolute Gasteiger partial charge is 0.316 e. The number of nitrogens with one attached hydrogen (secondary N) is 4. The molecule has 0 fully saturated rings. The molecule has 37 heavy (non-hydrogen) atoms. The zero-order valence-corrected chi connectivity index (χ0v) is 20.6. The lowest BCUT2D eigenvalue weighted by atomic mass is 10.1. The van der Waals surface area contributed by atoms with Gasteiger partial charge in [-0.2, -0.15) is 0 Å². The third-order valence-corrected chi connectivity index (χ3v) is 4.60. The highest BCUT2D eigenvalue weighted by Gasteiger charge is 2.27. The van der Waals surface area contributed by atoms with Gasteiger partial charge in [-0.05, 0) is 20.3 Å². The van der Waals surface area contributed by atoms with Crippen LogP contribution in [0.4, 0.5) is 4.79 Å². The number of nitrogens with two attached hydrogens (primary N) is 2. The first-order valence-electron chi connectivity index (χ1n) is 11.2. The van der Waals surface area contributed by atoms with Gasteiger partial charge in [0, 0.05) is 13.0 Å². The van der Waals surface area contributed by atoms with Crippen molar-refractivity contribution in [3.63, 3.8) is 0 Å². The lowest BCUT2D eigenvalue weighted by Crippen LogP contribution is -2.57. The van der Waals surface area contributed by atoms with Gasteiger partial charge in [0.25, 0.3) is 0 Å². The summed E-state index contributed by atoms with van der Waals surface area (Å²) in [6.07, 6.45) is -3.18. The molecule has 17 heteroatoms. The molecule has 0 aliphatic carbocycles. The van der Waals surface area contributed by atoms with Crippen LogP contribution in [-0.2, 0) is 33.4 Å². The van der Waals surface area contributed by atoms with Gasteiger partial charge in [0.2, 0.25) is 23.6 Å². The fourth-order valence-electron chi connectivity index (χ4n) is 2.69. The third-order valence-electron chi connectivity index (χ3n) is 4.60. The summed E-state index contributed by atoms with van der Waals surface area (Å²) in [6, 6.07) is -4.95. The van der Waals surface area contributed by atoms with E-state index in [1.807, 2.05) is 0 Å².